The Morgan fingerprint density at radius 3 is 2.56 bits per heavy atom. The first-order valence-electron chi connectivity index (χ1n) is 5.74. The van der Waals surface area contributed by atoms with Gasteiger partial charge < -0.3 is 4.74 Å². The van der Waals surface area contributed by atoms with Crippen LogP contribution in [0.2, 0.25) is 0 Å². The number of carbonyl (C=O) groups is 2. The monoisotopic (exact) mass is 242 g/mol. The molecule has 0 saturated carbocycles. The summed E-state index contributed by atoms with van der Waals surface area (Å²) in [5.41, 5.74) is 1.53. The molecule has 92 valence electrons. The fourth-order valence-corrected chi connectivity index (χ4v) is 1.99. The summed E-state index contributed by atoms with van der Waals surface area (Å²) in [5, 5.41) is 1.91. The third-order valence-corrected chi connectivity index (χ3v) is 2.82. The number of fused-ring (bicyclic) bond motifs is 1. The molecule has 0 amide bonds. The molecule has 0 bridgehead atoms. The Labute approximate surface area is 105 Å². The standard InChI is InChI=1S/C15H14O3/c1-10-7-8-12-5-3-4-6-13(12)15(10)14(17)9-18-11(2)16/h3-8H,9H2,1-2H3. The van der Waals surface area contributed by atoms with Crippen LogP contribution in [-0.2, 0) is 9.53 Å². The first kappa shape index (κ1) is 12.3. The summed E-state index contributed by atoms with van der Waals surface area (Å²) in [6, 6.07) is 11.6. The van der Waals surface area contributed by atoms with Gasteiger partial charge in [0.25, 0.3) is 0 Å². The normalized spacial score (nSPS) is 10.3. The van der Waals surface area contributed by atoms with Gasteiger partial charge in [-0.25, -0.2) is 0 Å². The Balaban J connectivity index is 2.45. The molecule has 0 spiro atoms. The maximum atomic E-state index is 12.1. The second-order valence-corrected chi connectivity index (χ2v) is 4.18. The van der Waals surface area contributed by atoms with Gasteiger partial charge in [-0.3, -0.25) is 9.59 Å². The Morgan fingerprint density at radius 1 is 1.11 bits per heavy atom. The smallest absolute Gasteiger partial charge is 0.303 e. The predicted octanol–water partition coefficient (Wildman–Crippen LogP) is 2.89. The van der Waals surface area contributed by atoms with E-state index in [2.05, 4.69) is 0 Å². The highest BCUT2D eigenvalue weighted by Gasteiger charge is 2.14. The molecule has 0 unspecified atom stereocenters. The van der Waals surface area contributed by atoms with E-state index in [1.165, 1.54) is 6.92 Å². The van der Waals surface area contributed by atoms with Crippen LogP contribution in [0.25, 0.3) is 10.8 Å². The van der Waals surface area contributed by atoms with Crippen LogP contribution >= 0.6 is 0 Å². The van der Waals surface area contributed by atoms with Gasteiger partial charge in [0, 0.05) is 12.5 Å². The summed E-state index contributed by atoms with van der Waals surface area (Å²) in [4.78, 5) is 22.9. The van der Waals surface area contributed by atoms with E-state index in [0.717, 1.165) is 16.3 Å². The third kappa shape index (κ3) is 2.40. The van der Waals surface area contributed by atoms with Crippen molar-refractivity contribution in [1.82, 2.24) is 0 Å². The van der Waals surface area contributed by atoms with Crippen molar-refractivity contribution in [2.75, 3.05) is 6.61 Å². The Hall–Kier alpha value is -2.16. The number of rotatable bonds is 3. The zero-order chi connectivity index (χ0) is 13.1. The van der Waals surface area contributed by atoms with Crippen LogP contribution in [0.15, 0.2) is 36.4 Å². The van der Waals surface area contributed by atoms with Gasteiger partial charge in [-0.2, -0.15) is 0 Å². The number of benzene rings is 2. The van der Waals surface area contributed by atoms with Gasteiger partial charge in [-0.05, 0) is 23.3 Å². The molecule has 3 heteroatoms. The molecule has 0 aliphatic rings. The molecule has 2 rings (SSSR count). The fourth-order valence-electron chi connectivity index (χ4n) is 1.99. The predicted molar refractivity (Wildman–Crippen MR) is 69.6 cm³/mol. The molecule has 2 aromatic rings. The molecule has 3 nitrogen and oxygen atoms in total. The number of carbonyl (C=O) groups excluding carboxylic acids is 2. The van der Waals surface area contributed by atoms with E-state index in [-0.39, 0.29) is 12.4 Å². The van der Waals surface area contributed by atoms with Crippen LogP contribution in [0, 0.1) is 6.92 Å². The highest BCUT2D eigenvalue weighted by molar-refractivity contribution is 6.10. The van der Waals surface area contributed by atoms with E-state index < -0.39 is 5.97 Å². The Bertz CT molecular complexity index is 614. The summed E-state index contributed by atoms with van der Waals surface area (Å²) < 4.78 is 4.77. The van der Waals surface area contributed by atoms with Gasteiger partial charge in [0.15, 0.2) is 6.61 Å². The lowest BCUT2D eigenvalue weighted by atomic mass is 9.97. The summed E-state index contributed by atoms with van der Waals surface area (Å²) in [5.74, 6) is -0.610. The molecule has 0 atom stereocenters. The van der Waals surface area contributed by atoms with Crippen LogP contribution in [0.1, 0.15) is 22.8 Å². The molecule has 2 aromatic carbocycles. The molecule has 0 aliphatic heterocycles. The Kier molecular flexibility index (Phi) is 3.42. The first-order valence-corrected chi connectivity index (χ1v) is 5.74. The molecular weight excluding hydrogens is 228 g/mol. The molecule has 0 fully saturated rings. The highest BCUT2D eigenvalue weighted by Crippen LogP contribution is 2.22. The SMILES string of the molecule is CC(=O)OCC(=O)c1c(C)ccc2ccccc12. The van der Waals surface area contributed by atoms with Gasteiger partial charge >= 0.3 is 5.97 Å². The second-order valence-electron chi connectivity index (χ2n) is 4.18. The lowest BCUT2D eigenvalue weighted by Gasteiger charge is -2.09. The molecule has 18 heavy (non-hydrogen) atoms. The largest absolute Gasteiger partial charge is 0.457 e. The summed E-state index contributed by atoms with van der Waals surface area (Å²) in [6.07, 6.45) is 0. The number of Topliss-reactive ketones (excluding diaryl/α,β-unsaturated/α-hetero) is 1. The van der Waals surface area contributed by atoms with Crippen molar-refractivity contribution >= 4 is 22.5 Å². The van der Waals surface area contributed by atoms with Crippen LogP contribution in [0.4, 0.5) is 0 Å². The van der Waals surface area contributed by atoms with Gasteiger partial charge in [-0.1, -0.05) is 36.4 Å². The van der Waals surface area contributed by atoms with E-state index in [9.17, 15) is 9.59 Å². The van der Waals surface area contributed by atoms with E-state index in [0.29, 0.717) is 5.56 Å². The van der Waals surface area contributed by atoms with Crippen molar-refractivity contribution < 1.29 is 14.3 Å². The van der Waals surface area contributed by atoms with Crippen molar-refractivity contribution in [3.8, 4) is 0 Å². The number of esters is 1. The van der Waals surface area contributed by atoms with Gasteiger partial charge in [0.05, 0.1) is 0 Å². The van der Waals surface area contributed by atoms with E-state index >= 15 is 0 Å². The second kappa shape index (κ2) is 5.00. The lowest BCUT2D eigenvalue weighted by molar-refractivity contribution is -0.139. The number of hydrogen-bond donors (Lipinski definition) is 0. The zero-order valence-electron chi connectivity index (χ0n) is 10.4. The molecule has 0 N–H and O–H groups in total. The third-order valence-electron chi connectivity index (χ3n) is 2.82. The van der Waals surface area contributed by atoms with Crippen molar-refractivity contribution in [1.29, 1.82) is 0 Å². The maximum Gasteiger partial charge on any atom is 0.303 e. The number of aryl methyl sites for hydroxylation is 1. The zero-order valence-corrected chi connectivity index (χ0v) is 10.4. The fraction of sp³-hybridized carbons (Fsp3) is 0.200. The maximum absolute atomic E-state index is 12.1. The minimum absolute atomic E-state index is 0.167. The number of ether oxygens (including phenoxy) is 1. The summed E-state index contributed by atoms with van der Waals surface area (Å²) in [7, 11) is 0. The van der Waals surface area contributed by atoms with Crippen LogP contribution in [0.5, 0.6) is 0 Å². The van der Waals surface area contributed by atoms with E-state index in [1.807, 2.05) is 43.3 Å². The van der Waals surface area contributed by atoms with E-state index in [4.69, 9.17) is 4.74 Å². The average Bonchev–Trinajstić information content (AvgIpc) is 2.36. The highest BCUT2D eigenvalue weighted by atomic mass is 16.5. The molecule has 0 radical (unpaired) electrons. The number of hydrogen-bond acceptors (Lipinski definition) is 3. The lowest BCUT2D eigenvalue weighted by Crippen LogP contribution is -2.13. The summed E-state index contributed by atoms with van der Waals surface area (Å²) in [6.45, 7) is 2.97. The van der Waals surface area contributed by atoms with Crippen molar-refractivity contribution in [2.45, 2.75) is 13.8 Å². The van der Waals surface area contributed by atoms with Crippen molar-refractivity contribution in [3.05, 3.63) is 47.5 Å². The minimum atomic E-state index is -0.443. The number of ketones is 1. The van der Waals surface area contributed by atoms with Gasteiger partial charge in [0.1, 0.15) is 0 Å². The molecule has 0 aliphatic carbocycles. The van der Waals surface area contributed by atoms with Gasteiger partial charge in [-0.15, -0.1) is 0 Å². The van der Waals surface area contributed by atoms with Crippen molar-refractivity contribution in [3.63, 3.8) is 0 Å². The van der Waals surface area contributed by atoms with Crippen molar-refractivity contribution in [2.24, 2.45) is 0 Å². The average molecular weight is 242 g/mol. The topological polar surface area (TPSA) is 43.4 Å². The van der Waals surface area contributed by atoms with Crippen LogP contribution in [0.3, 0.4) is 0 Å². The van der Waals surface area contributed by atoms with E-state index in [1.54, 1.807) is 0 Å². The quantitative estimate of drug-likeness (QED) is 0.614. The molecule has 0 saturated heterocycles. The molecule has 0 heterocycles. The molecular formula is C15H14O3. The summed E-state index contributed by atoms with van der Waals surface area (Å²) >= 11 is 0. The Morgan fingerprint density at radius 2 is 1.83 bits per heavy atom. The van der Waals surface area contributed by atoms with Crippen LogP contribution in [-0.4, -0.2) is 18.4 Å². The van der Waals surface area contributed by atoms with Crippen LogP contribution < -0.4 is 0 Å². The molecule has 0 aromatic heterocycles. The van der Waals surface area contributed by atoms with Gasteiger partial charge in [0.2, 0.25) is 5.78 Å². The first-order chi connectivity index (χ1) is 8.59. The minimum Gasteiger partial charge on any atom is -0.457 e.